The fourth-order valence-electron chi connectivity index (χ4n) is 5.43. The zero-order valence-corrected chi connectivity index (χ0v) is 17.5. The van der Waals surface area contributed by atoms with Crippen LogP contribution in [0.25, 0.3) is 0 Å². The van der Waals surface area contributed by atoms with Gasteiger partial charge >= 0.3 is 5.97 Å². The summed E-state index contributed by atoms with van der Waals surface area (Å²) in [6, 6.07) is 9.82. The number of aromatic nitrogens is 2. The number of aliphatic hydroxyl groups is 1. The van der Waals surface area contributed by atoms with Crippen LogP contribution in [0.1, 0.15) is 54.0 Å². The first-order valence-electron chi connectivity index (χ1n) is 11.1. The molecule has 31 heavy (non-hydrogen) atoms. The van der Waals surface area contributed by atoms with Crippen molar-refractivity contribution in [2.45, 2.75) is 44.1 Å². The van der Waals surface area contributed by atoms with Gasteiger partial charge in [-0.05, 0) is 61.1 Å². The molecule has 2 saturated heterocycles. The van der Waals surface area contributed by atoms with E-state index in [4.69, 9.17) is 14.6 Å². The Balaban J connectivity index is 1.19. The average molecular weight is 428 g/mol. The predicted molar refractivity (Wildman–Crippen MR) is 112 cm³/mol. The average Bonchev–Trinajstić information content (AvgIpc) is 3.49. The second-order valence-corrected chi connectivity index (χ2v) is 8.94. The number of ether oxygens (including phenoxy) is 2. The van der Waals surface area contributed by atoms with Gasteiger partial charge in [0.25, 0.3) is 0 Å². The minimum absolute atomic E-state index is 0.0601. The normalized spacial score (nSPS) is 27.8. The van der Waals surface area contributed by atoms with Gasteiger partial charge in [-0.25, -0.2) is 9.48 Å². The third-order valence-corrected chi connectivity index (χ3v) is 7.00. The summed E-state index contributed by atoms with van der Waals surface area (Å²) in [6.45, 7) is 3.15. The van der Waals surface area contributed by atoms with Crippen LogP contribution in [0.4, 0.5) is 0 Å². The van der Waals surface area contributed by atoms with Gasteiger partial charge in [-0.1, -0.05) is 18.2 Å². The molecular weight excluding hydrogens is 398 g/mol. The Labute approximate surface area is 181 Å². The van der Waals surface area contributed by atoms with Crippen LogP contribution in [0.5, 0.6) is 5.75 Å². The first kappa shape index (κ1) is 20.5. The van der Waals surface area contributed by atoms with Crippen LogP contribution >= 0.6 is 0 Å². The number of para-hydroxylation sites is 1. The van der Waals surface area contributed by atoms with Gasteiger partial charge in [0.1, 0.15) is 5.75 Å². The molecule has 8 nitrogen and oxygen atoms in total. The number of benzene rings is 1. The van der Waals surface area contributed by atoms with Crippen molar-refractivity contribution in [1.29, 1.82) is 0 Å². The molecule has 5 rings (SSSR count). The second kappa shape index (κ2) is 8.61. The summed E-state index contributed by atoms with van der Waals surface area (Å²) >= 11 is 0. The molecule has 2 N–H and O–H groups in total. The Hall–Kier alpha value is -2.42. The van der Waals surface area contributed by atoms with Gasteiger partial charge in [-0.2, -0.15) is 5.10 Å². The topological polar surface area (TPSA) is 97.0 Å². The SMILES string of the molecule is O=C(O)c1ccn([C@H](O)N2C[C@H]3CC(Oc4ccccc4C4CCOCC4)C[C@H]3C2)n1. The van der Waals surface area contributed by atoms with Crippen molar-refractivity contribution in [3.63, 3.8) is 0 Å². The molecule has 4 atom stereocenters. The summed E-state index contributed by atoms with van der Waals surface area (Å²) in [7, 11) is 0. The quantitative estimate of drug-likeness (QED) is 0.732. The molecule has 1 saturated carbocycles. The summed E-state index contributed by atoms with van der Waals surface area (Å²) in [5, 5.41) is 23.6. The van der Waals surface area contributed by atoms with E-state index in [0.717, 1.165) is 57.7 Å². The summed E-state index contributed by atoms with van der Waals surface area (Å²) in [5.74, 6) is 1.34. The van der Waals surface area contributed by atoms with Crippen molar-refractivity contribution >= 4 is 5.97 Å². The monoisotopic (exact) mass is 427 g/mol. The number of carboxylic acids is 1. The molecule has 0 amide bonds. The van der Waals surface area contributed by atoms with Crippen LogP contribution in [-0.2, 0) is 4.74 Å². The summed E-state index contributed by atoms with van der Waals surface area (Å²) in [6.07, 6.45) is 4.79. The molecule has 3 aliphatic rings. The molecule has 1 unspecified atom stereocenters. The smallest absolute Gasteiger partial charge is 0.356 e. The van der Waals surface area contributed by atoms with E-state index in [9.17, 15) is 9.90 Å². The fraction of sp³-hybridized carbons (Fsp3) is 0.565. The number of nitrogens with zero attached hydrogens (tertiary/aromatic N) is 3. The molecule has 1 aromatic heterocycles. The molecule has 3 heterocycles. The number of likely N-dealkylation sites (tertiary alicyclic amines) is 1. The van der Waals surface area contributed by atoms with Crippen LogP contribution < -0.4 is 4.74 Å². The minimum Gasteiger partial charge on any atom is -0.490 e. The maximum Gasteiger partial charge on any atom is 0.356 e. The molecule has 0 spiro atoms. The highest BCUT2D eigenvalue weighted by atomic mass is 16.5. The molecule has 3 fully saturated rings. The third kappa shape index (κ3) is 4.20. The molecule has 166 valence electrons. The van der Waals surface area contributed by atoms with Crippen LogP contribution in [0.15, 0.2) is 36.5 Å². The highest BCUT2D eigenvalue weighted by Gasteiger charge is 2.44. The maximum atomic E-state index is 11.0. The van der Waals surface area contributed by atoms with Crippen molar-refractivity contribution in [3.8, 4) is 5.75 Å². The zero-order chi connectivity index (χ0) is 21.4. The lowest BCUT2D eigenvalue weighted by molar-refractivity contribution is -0.0558. The van der Waals surface area contributed by atoms with E-state index >= 15 is 0 Å². The third-order valence-electron chi connectivity index (χ3n) is 7.00. The van der Waals surface area contributed by atoms with Gasteiger partial charge in [0.15, 0.2) is 5.69 Å². The van der Waals surface area contributed by atoms with E-state index < -0.39 is 12.3 Å². The summed E-state index contributed by atoms with van der Waals surface area (Å²) in [4.78, 5) is 13.0. The van der Waals surface area contributed by atoms with Crippen molar-refractivity contribution in [2.75, 3.05) is 26.3 Å². The second-order valence-electron chi connectivity index (χ2n) is 8.94. The number of aromatic carboxylic acids is 1. The van der Waals surface area contributed by atoms with E-state index in [-0.39, 0.29) is 11.8 Å². The maximum absolute atomic E-state index is 11.0. The van der Waals surface area contributed by atoms with Gasteiger partial charge in [-0.15, -0.1) is 0 Å². The number of carboxylic acid groups (broad SMARTS) is 1. The number of aliphatic hydroxyl groups excluding tert-OH is 1. The number of hydrogen-bond donors (Lipinski definition) is 2. The van der Waals surface area contributed by atoms with E-state index in [1.54, 1.807) is 0 Å². The molecule has 2 aromatic rings. The van der Waals surface area contributed by atoms with E-state index in [0.29, 0.717) is 17.8 Å². The molecule has 0 radical (unpaired) electrons. The van der Waals surface area contributed by atoms with Crippen LogP contribution in [0.2, 0.25) is 0 Å². The number of rotatable bonds is 6. The van der Waals surface area contributed by atoms with Gasteiger partial charge in [0.05, 0.1) is 6.10 Å². The molecular formula is C23H29N3O5. The Morgan fingerprint density at radius 1 is 1.13 bits per heavy atom. The zero-order valence-electron chi connectivity index (χ0n) is 17.5. The van der Waals surface area contributed by atoms with E-state index in [1.165, 1.54) is 22.5 Å². The Morgan fingerprint density at radius 3 is 2.52 bits per heavy atom. The van der Waals surface area contributed by atoms with Gasteiger partial charge in [-0.3, -0.25) is 4.90 Å². The van der Waals surface area contributed by atoms with Crippen LogP contribution in [0.3, 0.4) is 0 Å². The van der Waals surface area contributed by atoms with Crippen molar-refractivity contribution in [3.05, 3.63) is 47.8 Å². The number of carbonyl (C=O) groups is 1. The summed E-state index contributed by atoms with van der Waals surface area (Å²) in [5.41, 5.74) is 1.24. The summed E-state index contributed by atoms with van der Waals surface area (Å²) < 4.78 is 13.3. The van der Waals surface area contributed by atoms with E-state index in [2.05, 4.69) is 23.3 Å². The van der Waals surface area contributed by atoms with Gasteiger partial charge in [0.2, 0.25) is 6.35 Å². The first-order valence-corrected chi connectivity index (χ1v) is 11.1. The molecule has 8 heteroatoms. The number of hydrogen-bond acceptors (Lipinski definition) is 6. The molecule has 1 aromatic carbocycles. The van der Waals surface area contributed by atoms with Crippen molar-refractivity contribution in [2.24, 2.45) is 11.8 Å². The lowest BCUT2D eigenvalue weighted by Crippen LogP contribution is -2.33. The first-order chi connectivity index (χ1) is 15.1. The highest BCUT2D eigenvalue weighted by molar-refractivity contribution is 5.85. The fourth-order valence-corrected chi connectivity index (χ4v) is 5.43. The minimum atomic E-state index is -1.09. The highest BCUT2D eigenvalue weighted by Crippen LogP contribution is 2.42. The molecule has 1 aliphatic carbocycles. The molecule has 2 aliphatic heterocycles. The lowest BCUT2D eigenvalue weighted by atomic mass is 9.91. The molecule has 0 bridgehead atoms. The lowest BCUT2D eigenvalue weighted by Gasteiger charge is -2.27. The van der Waals surface area contributed by atoms with Gasteiger partial charge < -0.3 is 19.7 Å². The Morgan fingerprint density at radius 2 is 1.84 bits per heavy atom. The Kier molecular flexibility index (Phi) is 5.69. The van der Waals surface area contributed by atoms with Crippen LogP contribution in [0, 0.1) is 11.8 Å². The van der Waals surface area contributed by atoms with Gasteiger partial charge in [0, 0.05) is 32.5 Å². The predicted octanol–water partition coefficient (Wildman–Crippen LogP) is 2.71. The van der Waals surface area contributed by atoms with Crippen LogP contribution in [-0.4, -0.2) is 63.3 Å². The number of fused-ring (bicyclic) bond motifs is 1. The van der Waals surface area contributed by atoms with E-state index in [1.807, 2.05) is 11.0 Å². The van der Waals surface area contributed by atoms with Crippen molar-refractivity contribution in [1.82, 2.24) is 14.7 Å². The largest absolute Gasteiger partial charge is 0.490 e. The standard InChI is InChI=1S/C23H29N3O5/c27-22(28)20-5-8-26(24-20)23(29)25-13-16-11-18(12-17(16)14-25)31-21-4-2-1-3-19(21)15-6-9-30-10-7-15/h1-5,8,15-18,23,29H,6-7,9-14H2,(H,27,28)/t16-,17+,18?,23-/m1/s1. The van der Waals surface area contributed by atoms with Crippen molar-refractivity contribution < 1.29 is 24.5 Å². The Bertz CT molecular complexity index is 911.